The molecule has 1 saturated heterocycles. The third kappa shape index (κ3) is 3.75. The van der Waals surface area contributed by atoms with Crippen LogP contribution in [0, 0.1) is 12.7 Å². The zero-order valence-corrected chi connectivity index (χ0v) is 16.9. The lowest BCUT2D eigenvalue weighted by Gasteiger charge is -2.34. The summed E-state index contributed by atoms with van der Waals surface area (Å²) in [5, 5.41) is 0.839. The van der Waals surface area contributed by atoms with Gasteiger partial charge in [-0.3, -0.25) is 9.69 Å². The molecule has 0 bridgehead atoms. The Balaban J connectivity index is 1.40. The molecule has 0 unspecified atom stereocenters. The van der Waals surface area contributed by atoms with Crippen molar-refractivity contribution < 1.29 is 13.9 Å². The third-order valence-corrected chi connectivity index (χ3v) is 6.58. The van der Waals surface area contributed by atoms with Crippen molar-refractivity contribution in [3.63, 3.8) is 0 Å². The number of thiophene rings is 1. The lowest BCUT2D eigenvalue weighted by molar-refractivity contribution is 0.0632. The van der Waals surface area contributed by atoms with Gasteiger partial charge in [0.1, 0.15) is 11.6 Å². The summed E-state index contributed by atoms with van der Waals surface area (Å²) in [6.45, 7) is 5.87. The number of carbonyl (C=O) groups excluding carboxylic acids is 1. The van der Waals surface area contributed by atoms with E-state index in [1.807, 2.05) is 24.0 Å². The van der Waals surface area contributed by atoms with Crippen LogP contribution < -0.4 is 4.74 Å². The van der Waals surface area contributed by atoms with Crippen LogP contribution in [0.15, 0.2) is 42.5 Å². The summed E-state index contributed by atoms with van der Waals surface area (Å²) in [4.78, 5) is 18.0. The summed E-state index contributed by atoms with van der Waals surface area (Å²) in [5.41, 5.74) is 2.12. The molecule has 2 heterocycles. The van der Waals surface area contributed by atoms with Gasteiger partial charge >= 0.3 is 0 Å². The predicted octanol–water partition coefficient (Wildman–Crippen LogP) is 4.32. The van der Waals surface area contributed by atoms with E-state index in [2.05, 4.69) is 17.0 Å². The minimum atomic E-state index is -0.264. The number of amides is 1. The number of fused-ring (bicyclic) bond motifs is 1. The Morgan fingerprint density at radius 2 is 1.82 bits per heavy atom. The maximum atomic E-state index is 13.5. The summed E-state index contributed by atoms with van der Waals surface area (Å²) in [6, 6.07) is 12.8. The maximum Gasteiger partial charge on any atom is 0.264 e. The summed E-state index contributed by atoms with van der Waals surface area (Å²) in [5.74, 6) is 0.653. The molecule has 2 aromatic carbocycles. The normalized spacial score (nSPS) is 15.2. The van der Waals surface area contributed by atoms with Gasteiger partial charge in [0.05, 0.1) is 12.0 Å². The van der Waals surface area contributed by atoms with Gasteiger partial charge in [0, 0.05) is 37.4 Å². The molecule has 0 atom stereocenters. The number of halogens is 1. The fourth-order valence-corrected chi connectivity index (χ4v) is 4.80. The second-order valence-electron chi connectivity index (χ2n) is 7.11. The van der Waals surface area contributed by atoms with Crippen LogP contribution in [0.2, 0.25) is 0 Å². The zero-order chi connectivity index (χ0) is 19.7. The van der Waals surface area contributed by atoms with E-state index < -0.39 is 0 Å². The van der Waals surface area contributed by atoms with Gasteiger partial charge in [-0.05, 0) is 53.8 Å². The standard InChI is InChI=1S/C22H23FN2O2S/c1-15-19-13-17(23)5-8-20(19)28-21(15)22(26)25-11-9-24(10-12-25)14-16-3-6-18(27-2)7-4-16/h3-8,13H,9-12,14H2,1-2H3. The Bertz CT molecular complexity index is 992. The highest BCUT2D eigenvalue weighted by atomic mass is 32.1. The van der Waals surface area contributed by atoms with Crippen LogP contribution >= 0.6 is 11.3 Å². The highest BCUT2D eigenvalue weighted by molar-refractivity contribution is 7.21. The molecule has 146 valence electrons. The zero-order valence-electron chi connectivity index (χ0n) is 16.1. The first-order valence-electron chi connectivity index (χ1n) is 9.38. The first kappa shape index (κ1) is 18.9. The van der Waals surface area contributed by atoms with Crippen molar-refractivity contribution >= 4 is 27.3 Å². The molecule has 1 aliphatic rings. The Morgan fingerprint density at radius 1 is 1.11 bits per heavy atom. The predicted molar refractivity (Wildman–Crippen MR) is 111 cm³/mol. The van der Waals surface area contributed by atoms with Gasteiger partial charge in [-0.25, -0.2) is 4.39 Å². The quantitative estimate of drug-likeness (QED) is 0.656. The van der Waals surface area contributed by atoms with Gasteiger partial charge in [0.2, 0.25) is 0 Å². The van der Waals surface area contributed by atoms with Crippen LogP contribution in [0.4, 0.5) is 4.39 Å². The molecule has 1 aliphatic heterocycles. The number of methoxy groups -OCH3 is 1. The van der Waals surface area contributed by atoms with E-state index in [1.54, 1.807) is 13.2 Å². The van der Waals surface area contributed by atoms with E-state index in [0.29, 0.717) is 13.1 Å². The molecule has 4 rings (SSSR count). The average Bonchev–Trinajstić information content (AvgIpc) is 3.04. The van der Waals surface area contributed by atoms with E-state index in [9.17, 15) is 9.18 Å². The van der Waals surface area contributed by atoms with Gasteiger partial charge < -0.3 is 9.64 Å². The Hall–Kier alpha value is -2.44. The van der Waals surface area contributed by atoms with Crippen molar-refractivity contribution in [2.45, 2.75) is 13.5 Å². The fraction of sp³-hybridized carbons (Fsp3) is 0.318. The number of carbonyl (C=O) groups is 1. The highest BCUT2D eigenvalue weighted by Crippen LogP contribution is 2.32. The van der Waals surface area contributed by atoms with Crippen molar-refractivity contribution in [1.29, 1.82) is 0 Å². The lowest BCUT2D eigenvalue weighted by atomic mass is 10.1. The number of aryl methyl sites for hydroxylation is 1. The van der Waals surface area contributed by atoms with Gasteiger partial charge in [-0.1, -0.05) is 12.1 Å². The summed E-state index contributed by atoms with van der Waals surface area (Å²) >= 11 is 1.46. The van der Waals surface area contributed by atoms with E-state index >= 15 is 0 Å². The molecule has 1 fully saturated rings. The molecule has 0 saturated carbocycles. The number of benzene rings is 2. The number of nitrogens with zero attached hydrogens (tertiary/aromatic N) is 2. The highest BCUT2D eigenvalue weighted by Gasteiger charge is 2.25. The third-order valence-electron chi connectivity index (χ3n) is 5.32. The average molecular weight is 399 g/mol. The molecule has 1 aromatic heterocycles. The molecule has 0 spiro atoms. The Morgan fingerprint density at radius 3 is 2.50 bits per heavy atom. The minimum absolute atomic E-state index is 0.0585. The van der Waals surface area contributed by atoms with E-state index in [4.69, 9.17) is 4.74 Å². The van der Waals surface area contributed by atoms with E-state index in [0.717, 1.165) is 45.9 Å². The van der Waals surface area contributed by atoms with Gasteiger partial charge in [-0.2, -0.15) is 0 Å². The first-order chi connectivity index (χ1) is 13.5. The molecule has 0 radical (unpaired) electrons. The number of rotatable bonds is 4. The SMILES string of the molecule is COc1ccc(CN2CCN(C(=O)c3sc4ccc(F)cc4c3C)CC2)cc1. The second-order valence-corrected chi connectivity index (χ2v) is 8.17. The number of ether oxygens (including phenoxy) is 1. The molecular formula is C22H23FN2O2S. The van der Waals surface area contributed by atoms with Crippen LogP contribution in [-0.2, 0) is 6.54 Å². The largest absolute Gasteiger partial charge is 0.497 e. The number of piperazine rings is 1. The van der Waals surface area contributed by atoms with E-state index in [1.165, 1.54) is 29.0 Å². The molecule has 6 heteroatoms. The van der Waals surface area contributed by atoms with Crippen LogP contribution in [-0.4, -0.2) is 49.0 Å². The smallest absolute Gasteiger partial charge is 0.264 e. The monoisotopic (exact) mass is 398 g/mol. The van der Waals surface area contributed by atoms with Crippen molar-refractivity contribution in [2.75, 3.05) is 33.3 Å². The fourth-order valence-electron chi connectivity index (χ4n) is 3.64. The molecule has 4 nitrogen and oxygen atoms in total. The van der Waals surface area contributed by atoms with Crippen LogP contribution in [0.25, 0.3) is 10.1 Å². The molecule has 3 aromatic rings. The van der Waals surface area contributed by atoms with Crippen molar-refractivity contribution in [1.82, 2.24) is 9.80 Å². The number of hydrogen-bond acceptors (Lipinski definition) is 4. The Kier molecular flexibility index (Phi) is 5.33. The van der Waals surface area contributed by atoms with Gasteiger partial charge in [-0.15, -0.1) is 11.3 Å². The van der Waals surface area contributed by atoms with Crippen LogP contribution in [0.5, 0.6) is 5.75 Å². The topological polar surface area (TPSA) is 32.8 Å². The van der Waals surface area contributed by atoms with Gasteiger partial charge in [0.25, 0.3) is 5.91 Å². The Labute approximate surface area is 168 Å². The molecule has 1 amide bonds. The van der Waals surface area contributed by atoms with Crippen molar-refractivity contribution in [3.05, 3.63) is 64.3 Å². The van der Waals surface area contributed by atoms with Crippen molar-refractivity contribution in [3.8, 4) is 5.75 Å². The summed E-state index contributed by atoms with van der Waals surface area (Å²) in [7, 11) is 1.67. The van der Waals surface area contributed by atoms with Gasteiger partial charge in [0.15, 0.2) is 0 Å². The second kappa shape index (κ2) is 7.89. The number of hydrogen-bond donors (Lipinski definition) is 0. The van der Waals surface area contributed by atoms with Crippen LogP contribution in [0.3, 0.4) is 0 Å². The molecule has 28 heavy (non-hydrogen) atoms. The van der Waals surface area contributed by atoms with E-state index in [-0.39, 0.29) is 11.7 Å². The lowest BCUT2D eigenvalue weighted by Crippen LogP contribution is -2.48. The summed E-state index contributed by atoms with van der Waals surface area (Å²) in [6.07, 6.45) is 0. The van der Waals surface area contributed by atoms with Crippen LogP contribution in [0.1, 0.15) is 20.8 Å². The molecule has 0 aliphatic carbocycles. The first-order valence-corrected chi connectivity index (χ1v) is 10.2. The molecule has 0 N–H and O–H groups in total. The minimum Gasteiger partial charge on any atom is -0.497 e. The maximum absolute atomic E-state index is 13.5. The van der Waals surface area contributed by atoms with Crippen molar-refractivity contribution in [2.24, 2.45) is 0 Å². The summed E-state index contributed by atoms with van der Waals surface area (Å²) < 4.78 is 19.7. The molecular weight excluding hydrogens is 375 g/mol.